The van der Waals surface area contributed by atoms with Gasteiger partial charge in [0.2, 0.25) is 0 Å². The molecule has 0 spiro atoms. The molecule has 0 saturated heterocycles. The molecule has 23 heavy (non-hydrogen) atoms. The summed E-state index contributed by atoms with van der Waals surface area (Å²) in [6.07, 6.45) is 5.67. The summed E-state index contributed by atoms with van der Waals surface area (Å²) in [4.78, 5) is 16.3. The number of carbonyl (C=O) groups is 1. The fourth-order valence-electron chi connectivity index (χ4n) is 2.27. The highest BCUT2D eigenvalue weighted by Crippen LogP contribution is 2.06. The van der Waals surface area contributed by atoms with Gasteiger partial charge in [-0.2, -0.15) is 0 Å². The molecule has 0 aliphatic carbocycles. The van der Waals surface area contributed by atoms with Crippen molar-refractivity contribution in [2.24, 2.45) is 0 Å². The van der Waals surface area contributed by atoms with Crippen LogP contribution >= 0.6 is 0 Å². The third-order valence-corrected chi connectivity index (χ3v) is 3.61. The van der Waals surface area contributed by atoms with Crippen molar-refractivity contribution in [3.8, 4) is 0 Å². The number of unbranched alkanes of at least 4 members (excludes halogenated alkanes) is 2. The van der Waals surface area contributed by atoms with E-state index in [9.17, 15) is 4.79 Å². The zero-order chi connectivity index (χ0) is 17.7. The third-order valence-electron chi connectivity index (χ3n) is 3.61. The van der Waals surface area contributed by atoms with E-state index in [1.54, 1.807) is 0 Å². The minimum absolute atomic E-state index is 0.324. The summed E-state index contributed by atoms with van der Waals surface area (Å²) in [5.74, 6) is 0. The van der Waals surface area contributed by atoms with Gasteiger partial charge in [0.1, 0.15) is 5.60 Å². The molecule has 138 valence electrons. The van der Waals surface area contributed by atoms with Crippen LogP contribution in [0, 0.1) is 0 Å². The van der Waals surface area contributed by atoms with Gasteiger partial charge in [-0.3, -0.25) is 0 Å². The number of hydrogen-bond donors (Lipinski definition) is 1. The minimum Gasteiger partial charge on any atom is -0.444 e. The van der Waals surface area contributed by atoms with Gasteiger partial charge in [-0.15, -0.1) is 0 Å². The van der Waals surface area contributed by atoms with E-state index in [4.69, 9.17) is 4.74 Å². The number of nitrogens with zero attached hydrogens (tertiary/aromatic N) is 2. The maximum Gasteiger partial charge on any atom is 0.407 e. The van der Waals surface area contributed by atoms with Gasteiger partial charge >= 0.3 is 6.09 Å². The second kappa shape index (κ2) is 12.6. The Morgan fingerprint density at radius 3 is 1.87 bits per heavy atom. The highest BCUT2D eigenvalue weighted by Gasteiger charge is 2.15. The molecule has 0 atom stereocenters. The molecule has 0 aromatic rings. The van der Waals surface area contributed by atoms with Crippen LogP contribution in [0.15, 0.2) is 0 Å². The van der Waals surface area contributed by atoms with Crippen molar-refractivity contribution >= 4 is 6.09 Å². The predicted molar refractivity (Wildman–Crippen MR) is 98.0 cm³/mol. The Morgan fingerprint density at radius 2 is 1.39 bits per heavy atom. The molecule has 0 bridgehead atoms. The Kier molecular flexibility index (Phi) is 12.1. The van der Waals surface area contributed by atoms with Crippen LogP contribution in [-0.4, -0.2) is 68.3 Å². The Labute approximate surface area is 143 Å². The van der Waals surface area contributed by atoms with E-state index in [-0.39, 0.29) is 6.09 Å². The van der Waals surface area contributed by atoms with Gasteiger partial charge in [-0.1, -0.05) is 13.3 Å². The Bertz CT molecular complexity index is 303. The summed E-state index contributed by atoms with van der Waals surface area (Å²) in [7, 11) is 4.36. The van der Waals surface area contributed by atoms with Gasteiger partial charge in [0, 0.05) is 6.54 Å². The number of alkyl carbamates (subject to hydrolysis) is 1. The molecule has 0 saturated carbocycles. The monoisotopic (exact) mass is 329 g/mol. The van der Waals surface area contributed by atoms with Crippen molar-refractivity contribution in [2.45, 2.75) is 65.4 Å². The molecule has 1 N–H and O–H groups in total. The first kappa shape index (κ1) is 22.2. The van der Waals surface area contributed by atoms with Crippen LogP contribution < -0.4 is 5.32 Å². The summed E-state index contributed by atoms with van der Waals surface area (Å²) in [6.45, 7) is 13.0. The number of hydrogen-bond acceptors (Lipinski definition) is 4. The van der Waals surface area contributed by atoms with Gasteiger partial charge in [0.15, 0.2) is 0 Å². The maximum absolute atomic E-state index is 11.5. The van der Waals surface area contributed by atoms with Crippen molar-refractivity contribution in [2.75, 3.05) is 46.8 Å². The molecule has 5 heteroatoms. The van der Waals surface area contributed by atoms with Crippen molar-refractivity contribution < 1.29 is 9.53 Å². The van der Waals surface area contributed by atoms with Crippen molar-refractivity contribution in [3.63, 3.8) is 0 Å². The van der Waals surface area contributed by atoms with E-state index in [0.717, 1.165) is 19.5 Å². The molecule has 5 nitrogen and oxygen atoms in total. The van der Waals surface area contributed by atoms with E-state index < -0.39 is 5.60 Å². The Hall–Kier alpha value is -0.810. The van der Waals surface area contributed by atoms with Crippen LogP contribution in [-0.2, 0) is 4.74 Å². The molecule has 0 rings (SSSR count). The van der Waals surface area contributed by atoms with Gasteiger partial charge in [-0.05, 0) is 86.7 Å². The molecular weight excluding hydrogens is 290 g/mol. The molecule has 0 radical (unpaired) electrons. The molecule has 0 aliphatic heterocycles. The lowest BCUT2D eigenvalue weighted by Gasteiger charge is -2.21. The van der Waals surface area contributed by atoms with Crippen LogP contribution in [0.4, 0.5) is 4.79 Å². The first-order valence-corrected chi connectivity index (χ1v) is 9.08. The average molecular weight is 330 g/mol. The quantitative estimate of drug-likeness (QED) is 0.558. The van der Waals surface area contributed by atoms with Gasteiger partial charge < -0.3 is 19.9 Å². The van der Waals surface area contributed by atoms with Gasteiger partial charge in [-0.25, -0.2) is 4.79 Å². The zero-order valence-corrected chi connectivity index (χ0v) is 16.3. The lowest BCUT2D eigenvalue weighted by atomic mass is 10.2. The zero-order valence-electron chi connectivity index (χ0n) is 16.3. The van der Waals surface area contributed by atoms with E-state index in [1.165, 1.54) is 38.8 Å². The number of ether oxygens (including phenoxy) is 1. The minimum atomic E-state index is -0.425. The first-order valence-electron chi connectivity index (χ1n) is 9.08. The van der Waals surface area contributed by atoms with Crippen molar-refractivity contribution in [3.05, 3.63) is 0 Å². The summed E-state index contributed by atoms with van der Waals surface area (Å²) >= 11 is 0. The third kappa shape index (κ3) is 15.8. The fraction of sp³-hybridized carbons (Fsp3) is 0.944. The molecule has 0 aromatic heterocycles. The topological polar surface area (TPSA) is 44.8 Å². The summed E-state index contributed by atoms with van der Waals surface area (Å²) in [5, 5.41) is 2.80. The van der Waals surface area contributed by atoms with E-state index in [0.29, 0.717) is 6.54 Å². The lowest BCUT2D eigenvalue weighted by molar-refractivity contribution is 0.0526. The van der Waals surface area contributed by atoms with Crippen molar-refractivity contribution in [1.82, 2.24) is 15.1 Å². The summed E-state index contributed by atoms with van der Waals surface area (Å²) in [6, 6.07) is 0. The Balaban J connectivity index is 3.50. The van der Waals surface area contributed by atoms with Crippen LogP contribution in [0.25, 0.3) is 0 Å². The predicted octanol–water partition coefficient (Wildman–Crippen LogP) is 3.35. The normalized spacial score (nSPS) is 12.0. The maximum atomic E-state index is 11.5. The second-order valence-electron chi connectivity index (χ2n) is 7.45. The SMILES string of the molecule is CCCCN(C)CCCCN(C)CCCNC(=O)OC(C)(C)C. The second-order valence-corrected chi connectivity index (χ2v) is 7.45. The van der Waals surface area contributed by atoms with E-state index in [2.05, 4.69) is 36.1 Å². The highest BCUT2D eigenvalue weighted by atomic mass is 16.6. The van der Waals surface area contributed by atoms with Crippen LogP contribution in [0.2, 0.25) is 0 Å². The number of amides is 1. The first-order chi connectivity index (χ1) is 10.7. The summed E-state index contributed by atoms with van der Waals surface area (Å²) in [5.41, 5.74) is -0.425. The number of rotatable bonds is 12. The van der Waals surface area contributed by atoms with E-state index in [1.807, 2.05) is 20.8 Å². The lowest BCUT2D eigenvalue weighted by Crippen LogP contribution is -2.34. The highest BCUT2D eigenvalue weighted by molar-refractivity contribution is 5.67. The molecule has 0 fully saturated rings. The molecular formula is C18H39N3O2. The fourth-order valence-corrected chi connectivity index (χ4v) is 2.27. The Morgan fingerprint density at radius 1 is 0.913 bits per heavy atom. The van der Waals surface area contributed by atoms with Crippen LogP contribution in [0.5, 0.6) is 0 Å². The molecule has 0 unspecified atom stereocenters. The van der Waals surface area contributed by atoms with Gasteiger partial charge in [0.05, 0.1) is 0 Å². The van der Waals surface area contributed by atoms with Crippen LogP contribution in [0.1, 0.15) is 59.8 Å². The summed E-state index contributed by atoms with van der Waals surface area (Å²) < 4.78 is 5.21. The number of carbonyl (C=O) groups excluding carboxylic acids is 1. The molecule has 0 aromatic carbocycles. The van der Waals surface area contributed by atoms with E-state index >= 15 is 0 Å². The molecule has 1 amide bonds. The standard InChI is InChI=1S/C18H39N3O2/c1-7-8-13-20(5)14-9-10-15-21(6)16-11-12-19-17(22)23-18(2,3)4/h7-16H2,1-6H3,(H,19,22). The van der Waals surface area contributed by atoms with Gasteiger partial charge in [0.25, 0.3) is 0 Å². The van der Waals surface area contributed by atoms with Crippen molar-refractivity contribution in [1.29, 1.82) is 0 Å². The smallest absolute Gasteiger partial charge is 0.407 e. The number of nitrogens with one attached hydrogen (secondary N) is 1. The van der Waals surface area contributed by atoms with Crippen LogP contribution in [0.3, 0.4) is 0 Å². The largest absolute Gasteiger partial charge is 0.444 e. The molecule has 0 heterocycles. The average Bonchev–Trinajstić information content (AvgIpc) is 2.44. The molecule has 0 aliphatic rings.